The van der Waals surface area contributed by atoms with E-state index in [9.17, 15) is 119 Å². The number of aliphatic hydroxyl groups excluding tert-OH is 1. The summed E-state index contributed by atoms with van der Waals surface area (Å²) in [6.07, 6.45) is -23.7. The van der Waals surface area contributed by atoms with Gasteiger partial charge in [0.1, 0.15) is 6.10 Å². The molecule has 0 spiro atoms. The number of ether oxygens (including phenoxy) is 2. The summed E-state index contributed by atoms with van der Waals surface area (Å²) in [5, 5.41) is 9.29. The topological polar surface area (TPSA) is 38.7 Å². The minimum atomic E-state index is -8.20. The van der Waals surface area contributed by atoms with Crippen LogP contribution in [0.3, 0.4) is 0 Å². The van der Waals surface area contributed by atoms with Gasteiger partial charge < -0.3 is 14.6 Å². The van der Waals surface area contributed by atoms with E-state index >= 15 is 0 Å². The van der Waals surface area contributed by atoms with Crippen LogP contribution in [0.2, 0.25) is 0 Å². The van der Waals surface area contributed by atoms with Gasteiger partial charge in [-0.15, -0.1) is 0 Å². The van der Waals surface area contributed by atoms with Crippen molar-refractivity contribution < 1.29 is 129 Å². The normalized spacial score (nSPS) is 16.2. The molecule has 48 heavy (non-hydrogen) atoms. The van der Waals surface area contributed by atoms with E-state index in [0.29, 0.717) is 0 Å². The molecule has 29 heteroatoms. The minimum Gasteiger partial charge on any atom is -0.388 e. The van der Waals surface area contributed by atoms with Crippen molar-refractivity contribution >= 4 is 0 Å². The maximum atomic E-state index is 13.6. The first-order valence-electron chi connectivity index (χ1n) is 11.4. The van der Waals surface area contributed by atoms with Crippen LogP contribution >= 0.6 is 0 Å². The highest BCUT2D eigenvalue weighted by Gasteiger charge is 2.92. The molecular weight excluding hydrogens is 770 g/mol. The number of alkyl halides is 26. The van der Waals surface area contributed by atoms with Crippen LogP contribution in [0.1, 0.15) is 12.8 Å². The first-order valence-corrected chi connectivity index (χ1v) is 11.4. The van der Waals surface area contributed by atoms with Crippen LogP contribution in [0.5, 0.6) is 0 Å². The zero-order valence-electron chi connectivity index (χ0n) is 21.9. The van der Waals surface area contributed by atoms with Crippen LogP contribution in [0.15, 0.2) is 0 Å². The van der Waals surface area contributed by atoms with Crippen molar-refractivity contribution in [3.05, 3.63) is 0 Å². The van der Waals surface area contributed by atoms with Gasteiger partial charge in [-0.2, -0.15) is 114 Å². The second-order valence-electron chi connectivity index (χ2n) is 9.30. The van der Waals surface area contributed by atoms with Gasteiger partial charge in [0.2, 0.25) is 0 Å². The van der Waals surface area contributed by atoms with Crippen LogP contribution in [-0.2, 0) is 9.47 Å². The van der Waals surface area contributed by atoms with Gasteiger partial charge in [-0.3, -0.25) is 0 Å². The van der Waals surface area contributed by atoms with Gasteiger partial charge in [0.15, 0.2) is 0 Å². The van der Waals surface area contributed by atoms with Crippen molar-refractivity contribution in [2.75, 3.05) is 26.4 Å². The summed E-state index contributed by atoms with van der Waals surface area (Å²) in [6, 6.07) is 0. The molecule has 0 atom stereocenters. The minimum absolute atomic E-state index is 1.62. The predicted molar refractivity (Wildman–Crippen MR) is 98.5 cm³/mol. The summed E-state index contributed by atoms with van der Waals surface area (Å²) in [4.78, 5) is 0. The lowest BCUT2D eigenvalue weighted by molar-refractivity contribution is -0.440. The Hall–Kier alpha value is -1.94. The largest absolute Gasteiger partial charge is 0.460 e. The van der Waals surface area contributed by atoms with E-state index in [2.05, 4.69) is 9.47 Å². The monoisotopic (exact) mass is 784 g/mol. The molecule has 0 aliphatic heterocycles. The van der Waals surface area contributed by atoms with Crippen LogP contribution < -0.4 is 0 Å². The third kappa shape index (κ3) is 7.54. The smallest absolute Gasteiger partial charge is 0.388 e. The fourth-order valence-corrected chi connectivity index (χ4v) is 2.81. The summed E-state index contributed by atoms with van der Waals surface area (Å²) in [7, 11) is 0. The average Bonchev–Trinajstić information content (AvgIpc) is 2.86. The van der Waals surface area contributed by atoms with Gasteiger partial charge in [0.05, 0.1) is 26.4 Å². The van der Waals surface area contributed by atoms with E-state index in [1.165, 1.54) is 0 Å². The van der Waals surface area contributed by atoms with Crippen molar-refractivity contribution in [1.29, 1.82) is 0 Å². The third-order valence-corrected chi connectivity index (χ3v) is 5.74. The Labute approximate surface area is 247 Å². The van der Waals surface area contributed by atoms with E-state index in [1.54, 1.807) is 0 Å². The Bertz CT molecular complexity index is 978. The maximum Gasteiger partial charge on any atom is 0.460 e. The lowest BCUT2D eigenvalue weighted by atomic mass is 9.93. The molecule has 3 nitrogen and oxygen atoms in total. The molecule has 0 saturated heterocycles. The lowest BCUT2D eigenvalue weighted by Crippen LogP contribution is -2.70. The Morgan fingerprint density at radius 2 is 0.542 bits per heavy atom. The first-order chi connectivity index (χ1) is 20.6. The highest BCUT2D eigenvalue weighted by molar-refractivity contribution is 5.11. The zero-order chi connectivity index (χ0) is 39.2. The van der Waals surface area contributed by atoms with Gasteiger partial charge in [0, 0.05) is 12.8 Å². The third-order valence-electron chi connectivity index (χ3n) is 5.74. The summed E-state index contributed by atoms with van der Waals surface area (Å²) >= 11 is 0. The molecular formula is C19H14F26O3. The van der Waals surface area contributed by atoms with Crippen molar-refractivity contribution in [1.82, 2.24) is 0 Å². The molecule has 290 valence electrons. The molecule has 0 unspecified atom stereocenters. The van der Waals surface area contributed by atoms with E-state index in [4.69, 9.17) is 0 Å². The Morgan fingerprint density at radius 1 is 0.333 bits per heavy atom. The number of hydrogen-bond donors (Lipinski definition) is 1. The predicted octanol–water partition coefficient (Wildman–Crippen LogP) is 8.64. The highest BCUT2D eigenvalue weighted by Crippen LogP contribution is 2.62. The maximum absolute atomic E-state index is 13.6. The highest BCUT2D eigenvalue weighted by atomic mass is 19.4. The molecule has 0 rings (SSSR count). The zero-order valence-corrected chi connectivity index (χ0v) is 21.9. The van der Waals surface area contributed by atoms with Gasteiger partial charge in [-0.25, -0.2) is 0 Å². The second kappa shape index (κ2) is 13.3. The SMILES string of the molecule is OC(COCCC(F)(F)C(F)(F)C(F)(F)C(F)(F)C(F)(F)C(F)(F)F)COCCC(F)(F)C(F)(F)C(F)(F)C(F)(F)C(F)(F)C(F)(F)F. The van der Waals surface area contributed by atoms with Gasteiger partial charge in [-0.05, 0) is 0 Å². The van der Waals surface area contributed by atoms with Gasteiger partial charge in [-0.1, -0.05) is 0 Å². The Balaban J connectivity index is 5.31. The average molecular weight is 784 g/mol. The molecule has 0 heterocycles. The molecule has 0 aromatic carbocycles. The number of rotatable bonds is 18. The number of hydrogen-bond acceptors (Lipinski definition) is 3. The van der Waals surface area contributed by atoms with Gasteiger partial charge in [0.25, 0.3) is 0 Å². The van der Waals surface area contributed by atoms with Crippen molar-refractivity contribution in [3.63, 3.8) is 0 Å². The van der Waals surface area contributed by atoms with Crippen LogP contribution in [0, 0.1) is 0 Å². The lowest BCUT2D eigenvalue weighted by Gasteiger charge is -2.39. The molecule has 0 radical (unpaired) electrons. The molecule has 1 N–H and O–H groups in total. The molecule has 0 aromatic heterocycles. The first kappa shape index (κ1) is 46.1. The van der Waals surface area contributed by atoms with Crippen LogP contribution in [0.4, 0.5) is 114 Å². The van der Waals surface area contributed by atoms with Crippen LogP contribution in [-0.4, -0.2) is 109 Å². The van der Waals surface area contributed by atoms with Crippen molar-refractivity contribution in [2.24, 2.45) is 0 Å². The van der Waals surface area contributed by atoms with Crippen LogP contribution in [0.25, 0.3) is 0 Å². The number of aliphatic hydroxyl groups is 1. The standard InChI is InChI=1S/C19H14F26O3/c20-8(21,10(24,25)12(28,29)14(32,33)16(36,37)18(40,41)42)1-3-47-5-7(46)6-48-4-2-9(22,23)11(26,27)13(30,31)15(34,35)17(38,39)19(43,44)45/h7,46H,1-6H2. The fraction of sp³-hybridized carbons (Fsp3) is 1.00. The molecule has 0 saturated carbocycles. The van der Waals surface area contributed by atoms with Crippen molar-refractivity contribution in [3.8, 4) is 0 Å². The Kier molecular flexibility index (Phi) is 12.8. The summed E-state index contributed by atoms with van der Waals surface area (Å²) < 4.78 is 345. The van der Waals surface area contributed by atoms with E-state index in [-0.39, 0.29) is 0 Å². The summed E-state index contributed by atoms with van der Waals surface area (Å²) in [6.45, 7) is -7.45. The molecule has 0 fully saturated rings. The summed E-state index contributed by atoms with van der Waals surface area (Å²) in [5.74, 6) is -77.3. The molecule has 0 bridgehead atoms. The molecule has 0 aromatic rings. The Morgan fingerprint density at radius 3 is 0.750 bits per heavy atom. The van der Waals surface area contributed by atoms with Gasteiger partial charge >= 0.3 is 71.6 Å². The quantitative estimate of drug-likeness (QED) is 0.112. The molecule has 0 aliphatic rings. The van der Waals surface area contributed by atoms with Crippen molar-refractivity contribution in [2.45, 2.75) is 90.5 Å². The molecule has 0 aliphatic carbocycles. The fourth-order valence-electron chi connectivity index (χ4n) is 2.81. The molecule has 0 amide bonds. The van der Waals surface area contributed by atoms with E-state index < -0.39 is 117 Å². The second-order valence-corrected chi connectivity index (χ2v) is 9.30. The van der Waals surface area contributed by atoms with E-state index in [1.807, 2.05) is 0 Å². The summed E-state index contributed by atoms with van der Waals surface area (Å²) in [5.41, 5.74) is 0. The number of halogens is 26. The van der Waals surface area contributed by atoms with E-state index in [0.717, 1.165) is 0 Å².